The van der Waals surface area contributed by atoms with Crippen molar-refractivity contribution in [1.29, 1.82) is 0 Å². The van der Waals surface area contributed by atoms with Crippen molar-refractivity contribution in [3.8, 4) is 5.75 Å². The second-order valence-electron chi connectivity index (χ2n) is 4.46. The summed E-state index contributed by atoms with van der Waals surface area (Å²) in [6.07, 6.45) is 1.13. The van der Waals surface area contributed by atoms with Crippen LogP contribution in [0, 0.1) is 0 Å². The molecule has 1 heterocycles. The Morgan fingerprint density at radius 2 is 2.10 bits per heavy atom. The molecule has 5 heteroatoms. The Kier molecular flexibility index (Phi) is 4.53. The van der Waals surface area contributed by atoms with Gasteiger partial charge < -0.3 is 9.84 Å². The molecule has 0 bridgehead atoms. The van der Waals surface area contributed by atoms with Crippen LogP contribution in [0.1, 0.15) is 35.5 Å². The normalized spacial score (nSPS) is 12.2. The van der Waals surface area contributed by atoms with Crippen LogP contribution < -0.4 is 4.74 Å². The summed E-state index contributed by atoms with van der Waals surface area (Å²) in [6.45, 7) is 2.60. The van der Waals surface area contributed by atoms with Crippen molar-refractivity contribution in [3.63, 3.8) is 0 Å². The lowest BCUT2D eigenvalue weighted by molar-refractivity contribution is 0.0732. The number of hydrogen-bond donors (Lipinski definition) is 1. The molecule has 0 aliphatic rings. The van der Waals surface area contributed by atoms with Gasteiger partial charge in [0.05, 0.1) is 13.3 Å². The van der Waals surface area contributed by atoms with Crippen molar-refractivity contribution in [2.45, 2.75) is 26.0 Å². The van der Waals surface area contributed by atoms with Crippen LogP contribution in [0.15, 0.2) is 36.5 Å². The average molecular weight is 274 g/mol. The van der Waals surface area contributed by atoms with Gasteiger partial charge in [-0.15, -0.1) is 0 Å². The fourth-order valence-corrected chi connectivity index (χ4v) is 2.06. The minimum absolute atomic E-state index is 0.311. The quantitative estimate of drug-likeness (QED) is 0.820. The van der Waals surface area contributed by atoms with Crippen molar-refractivity contribution < 1.29 is 14.6 Å². The standard InChI is InChI=1S/C15H18N2O3/c1-3-9-17-13(12(20-2)10-16-17)15(19)14(18)11-7-5-4-6-8-11/h4-8,10,14,18H,3,9H2,1-2H3. The maximum Gasteiger partial charge on any atom is 0.217 e. The molecule has 1 atom stereocenters. The number of carbonyl (C=O) groups is 1. The van der Waals surface area contributed by atoms with E-state index in [4.69, 9.17) is 4.74 Å². The Morgan fingerprint density at radius 3 is 2.70 bits per heavy atom. The molecule has 0 fully saturated rings. The van der Waals surface area contributed by atoms with Crippen LogP contribution in [-0.2, 0) is 6.54 Å². The maximum atomic E-state index is 12.5. The summed E-state index contributed by atoms with van der Waals surface area (Å²) in [6, 6.07) is 8.84. The van der Waals surface area contributed by atoms with Gasteiger partial charge in [0, 0.05) is 6.54 Å². The SMILES string of the molecule is CCCn1ncc(OC)c1C(=O)C(O)c1ccccc1. The number of Topliss-reactive ketones (excluding diaryl/α,β-unsaturated/α-hetero) is 1. The third-order valence-electron chi connectivity index (χ3n) is 3.06. The first kappa shape index (κ1) is 14.3. The van der Waals surface area contributed by atoms with E-state index in [9.17, 15) is 9.90 Å². The molecule has 0 saturated heterocycles. The lowest BCUT2D eigenvalue weighted by atomic mass is 10.0. The minimum atomic E-state index is -1.21. The van der Waals surface area contributed by atoms with Crippen LogP contribution in [0.4, 0.5) is 0 Å². The van der Waals surface area contributed by atoms with E-state index in [0.717, 1.165) is 6.42 Å². The molecule has 0 radical (unpaired) electrons. The second kappa shape index (κ2) is 6.34. The number of nitrogens with zero attached hydrogens (tertiary/aromatic N) is 2. The van der Waals surface area contributed by atoms with Crippen LogP contribution in [-0.4, -0.2) is 27.8 Å². The molecule has 2 rings (SSSR count). The van der Waals surface area contributed by atoms with Gasteiger partial charge in [0.2, 0.25) is 5.78 Å². The number of aryl methyl sites for hydroxylation is 1. The second-order valence-corrected chi connectivity index (χ2v) is 4.46. The van der Waals surface area contributed by atoms with Crippen LogP contribution in [0.25, 0.3) is 0 Å². The Hall–Kier alpha value is -2.14. The number of carbonyl (C=O) groups excluding carboxylic acids is 1. The third kappa shape index (κ3) is 2.72. The number of hydrogen-bond acceptors (Lipinski definition) is 4. The molecule has 1 unspecified atom stereocenters. The number of aromatic nitrogens is 2. The van der Waals surface area contributed by atoms with Crippen LogP contribution >= 0.6 is 0 Å². The molecule has 0 amide bonds. The highest BCUT2D eigenvalue weighted by molar-refractivity contribution is 6.00. The van der Waals surface area contributed by atoms with Crippen molar-refractivity contribution in [2.75, 3.05) is 7.11 Å². The third-order valence-corrected chi connectivity index (χ3v) is 3.06. The summed E-state index contributed by atoms with van der Waals surface area (Å²) in [7, 11) is 1.49. The number of rotatable bonds is 6. The zero-order valence-electron chi connectivity index (χ0n) is 11.6. The fourth-order valence-electron chi connectivity index (χ4n) is 2.06. The van der Waals surface area contributed by atoms with Crippen molar-refractivity contribution >= 4 is 5.78 Å². The first-order valence-electron chi connectivity index (χ1n) is 6.56. The van der Waals surface area contributed by atoms with Gasteiger partial charge in [-0.3, -0.25) is 9.48 Å². The van der Waals surface area contributed by atoms with Gasteiger partial charge in [-0.1, -0.05) is 37.3 Å². The van der Waals surface area contributed by atoms with Crippen molar-refractivity contribution in [3.05, 3.63) is 47.8 Å². The Labute approximate surface area is 117 Å². The van der Waals surface area contributed by atoms with Gasteiger partial charge in [-0.05, 0) is 12.0 Å². The van der Waals surface area contributed by atoms with E-state index in [0.29, 0.717) is 23.6 Å². The number of ketones is 1. The molecule has 1 N–H and O–H groups in total. The van der Waals surface area contributed by atoms with Crippen LogP contribution in [0.3, 0.4) is 0 Å². The summed E-state index contributed by atoms with van der Waals surface area (Å²) in [5, 5.41) is 14.4. The first-order chi connectivity index (χ1) is 9.69. The Bertz CT molecular complexity index is 578. The molecular weight excluding hydrogens is 256 g/mol. The minimum Gasteiger partial charge on any atom is -0.493 e. The molecule has 0 aliphatic carbocycles. The number of benzene rings is 1. The summed E-state index contributed by atoms with van der Waals surface area (Å²) in [4.78, 5) is 12.5. The van der Waals surface area contributed by atoms with Crippen LogP contribution in [0.2, 0.25) is 0 Å². The monoisotopic (exact) mass is 274 g/mol. The lowest BCUT2D eigenvalue weighted by Crippen LogP contribution is -2.18. The van der Waals surface area contributed by atoms with E-state index in [1.54, 1.807) is 28.9 Å². The first-order valence-corrected chi connectivity index (χ1v) is 6.56. The zero-order valence-corrected chi connectivity index (χ0v) is 11.6. The van der Waals surface area contributed by atoms with Gasteiger partial charge in [-0.25, -0.2) is 0 Å². The van der Waals surface area contributed by atoms with E-state index >= 15 is 0 Å². The van der Waals surface area contributed by atoms with E-state index < -0.39 is 11.9 Å². The molecule has 106 valence electrons. The van der Waals surface area contributed by atoms with Gasteiger partial charge in [0.15, 0.2) is 5.75 Å². The number of ether oxygens (including phenoxy) is 1. The number of aliphatic hydroxyl groups is 1. The average Bonchev–Trinajstić information content (AvgIpc) is 2.90. The predicted octanol–water partition coefficient (Wildman–Crippen LogP) is 2.22. The van der Waals surface area contributed by atoms with Crippen molar-refractivity contribution in [2.24, 2.45) is 0 Å². The largest absolute Gasteiger partial charge is 0.493 e. The van der Waals surface area contributed by atoms with E-state index in [-0.39, 0.29) is 0 Å². The molecule has 20 heavy (non-hydrogen) atoms. The highest BCUT2D eigenvalue weighted by Gasteiger charge is 2.26. The fraction of sp³-hybridized carbons (Fsp3) is 0.333. The molecule has 2 aromatic rings. The Morgan fingerprint density at radius 1 is 1.40 bits per heavy atom. The maximum absolute atomic E-state index is 12.5. The number of methoxy groups -OCH3 is 1. The molecular formula is C15H18N2O3. The Balaban J connectivity index is 2.35. The smallest absolute Gasteiger partial charge is 0.217 e. The molecule has 1 aromatic carbocycles. The summed E-state index contributed by atoms with van der Waals surface area (Å²) in [5.41, 5.74) is 0.870. The lowest BCUT2D eigenvalue weighted by Gasteiger charge is -2.12. The topological polar surface area (TPSA) is 64.4 Å². The molecule has 0 saturated carbocycles. The predicted molar refractivity (Wildman–Crippen MR) is 74.8 cm³/mol. The number of aliphatic hydroxyl groups excluding tert-OH is 1. The molecule has 1 aromatic heterocycles. The van der Waals surface area contributed by atoms with Crippen LogP contribution in [0.5, 0.6) is 5.75 Å². The van der Waals surface area contributed by atoms with E-state index in [1.807, 2.05) is 13.0 Å². The molecule has 0 spiro atoms. The van der Waals surface area contributed by atoms with Gasteiger partial charge in [0.25, 0.3) is 0 Å². The summed E-state index contributed by atoms with van der Waals surface area (Å²) < 4.78 is 6.74. The molecule has 5 nitrogen and oxygen atoms in total. The van der Waals surface area contributed by atoms with Crippen molar-refractivity contribution in [1.82, 2.24) is 9.78 Å². The molecule has 0 aliphatic heterocycles. The van der Waals surface area contributed by atoms with Gasteiger partial charge >= 0.3 is 0 Å². The summed E-state index contributed by atoms with van der Waals surface area (Å²) >= 11 is 0. The highest BCUT2D eigenvalue weighted by atomic mass is 16.5. The van der Waals surface area contributed by atoms with E-state index in [2.05, 4.69) is 5.10 Å². The zero-order chi connectivity index (χ0) is 14.5. The van der Waals surface area contributed by atoms with Gasteiger partial charge in [-0.2, -0.15) is 5.10 Å². The van der Waals surface area contributed by atoms with Gasteiger partial charge in [0.1, 0.15) is 11.8 Å². The highest BCUT2D eigenvalue weighted by Crippen LogP contribution is 2.25. The van der Waals surface area contributed by atoms with E-state index in [1.165, 1.54) is 13.3 Å². The summed E-state index contributed by atoms with van der Waals surface area (Å²) in [5.74, 6) is -0.0163.